The third-order valence-corrected chi connectivity index (χ3v) is 7.45. The highest BCUT2D eigenvalue weighted by Gasteiger charge is 2.04. The lowest BCUT2D eigenvalue weighted by Gasteiger charge is -2.07. The average molecular weight is 555 g/mol. The summed E-state index contributed by atoms with van der Waals surface area (Å²) in [6.07, 6.45) is 31.9. The van der Waals surface area contributed by atoms with Crippen LogP contribution in [-0.2, 0) is 23.8 Å². The van der Waals surface area contributed by atoms with Gasteiger partial charge < -0.3 is 14.2 Å². The maximum absolute atomic E-state index is 11.8. The number of hydrogen-bond donors (Lipinski definition) is 0. The Hall–Kier alpha value is -1.10. The average Bonchev–Trinajstić information content (AvgIpc) is 2.93. The highest BCUT2D eigenvalue weighted by Crippen LogP contribution is 2.14. The second kappa shape index (κ2) is 33.1. The van der Waals surface area contributed by atoms with Crippen LogP contribution in [0.4, 0.5) is 0 Å². The van der Waals surface area contributed by atoms with Crippen LogP contribution in [0.25, 0.3) is 0 Å². The second-order valence-electron chi connectivity index (χ2n) is 11.3. The SMILES string of the molecule is CCCCCCCCCCCCCCC(=O)OCCOCCOC(=O)CCCCCCCCCCCCCC. The van der Waals surface area contributed by atoms with Gasteiger partial charge in [-0.1, -0.05) is 155 Å². The van der Waals surface area contributed by atoms with Gasteiger partial charge in [0.05, 0.1) is 13.2 Å². The van der Waals surface area contributed by atoms with Gasteiger partial charge in [-0.15, -0.1) is 0 Å². The maximum Gasteiger partial charge on any atom is 0.305 e. The number of carbonyl (C=O) groups is 2. The van der Waals surface area contributed by atoms with E-state index < -0.39 is 0 Å². The molecule has 0 aliphatic heterocycles. The van der Waals surface area contributed by atoms with Crippen LogP contribution >= 0.6 is 0 Å². The zero-order chi connectivity index (χ0) is 28.5. The summed E-state index contributed by atoms with van der Waals surface area (Å²) in [6, 6.07) is 0. The molecule has 0 atom stereocenters. The number of esters is 2. The molecule has 0 unspecified atom stereocenters. The lowest BCUT2D eigenvalue weighted by molar-refractivity contribution is -0.146. The first-order valence-corrected chi connectivity index (χ1v) is 17.1. The van der Waals surface area contributed by atoms with Gasteiger partial charge in [-0.3, -0.25) is 9.59 Å². The van der Waals surface area contributed by atoms with Gasteiger partial charge >= 0.3 is 11.9 Å². The standard InChI is InChI=1S/C34H66O5/c1-3-5-7-9-11-13-15-17-19-21-23-25-27-33(35)38-31-29-37-30-32-39-34(36)28-26-24-22-20-18-16-14-12-10-8-6-4-2/h3-32H2,1-2H3. The van der Waals surface area contributed by atoms with Crippen molar-refractivity contribution >= 4 is 11.9 Å². The van der Waals surface area contributed by atoms with E-state index in [-0.39, 0.29) is 25.2 Å². The van der Waals surface area contributed by atoms with Crippen molar-refractivity contribution in [3.05, 3.63) is 0 Å². The van der Waals surface area contributed by atoms with E-state index >= 15 is 0 Å². The molecule has 5 nitrogen and oxygen atoms in total. The quantitative estimate of drug-likeness (QED) is 0.0611. The van der Waals surface area contributed by atoms with Gasteiger partial charge in [-0.05, 0) is 12.8 Å². The summed E-state index contributed by atoms with van der Waals surface area (Å²) in [7, 11) is 0. The van der Waals surface area contributed by atoms with E-state index in [9.17, 15) is 9.59 Å². The highest BCUT2D eigenvalue weighted by molar-refractivity contribution is 5.69. The fourth-order valence-electron chi connectivity index (χ4n) is 4.90. The van der Waals surface area contributed by atoms with Gasteiger partial charge in [0.2, 0.25) is 0 Å². The second-order valence-corrected chi connectivity index (χ2v) is 11.3. The van der Waals surface area contributed by atoms with E-state index in [1.165, 1.54) is 128 Å². The molecule has 0 N–H and O–H groups in total. The summed E-state index contributed by atoms with van der Waals surface area (Å²) < 4.78 is 15.9. The van der Waals surface area contributed by atoms with Crippen molar-refractivity contribution in [3.8, 4) is 0 Å². The van der Waals surface area contributed by atoms with E-state index in [1.54, 1.807) is 0 Å². The Morgan fingerprint density at radius 2 is 0.615 bits per heavy atom. The monoisotopic (exact) mass is 554 g/mol. The summed E-state index contributed by atoms with van der Waals surface area (Å²) in [6.45, 7) is 5.75. The number of unbranched alkanes of at least 4 members (excludes halogenated alkanes) is 22. The summed E-state index contributed by atoms with van der Waals surface area (Å²) in [5.74, 6) is -0.279. The first-order chi connectivity index (χ1) is 19.2. The molecule has 0 radical (unpaired) electrons. The van der Waals surface area contributed by atoms with Crippen LogP contribution in [0, 0.1) is 0 Å². The molecule has 0 saturated carbocycles. The fourth-order valence-corrected chi connectivity index (χ4v) is 4.90. The zero-order valence-electron chi connectivity index (χ0n) is 26.3. The molecule has 0 aliphatic carbocycles. The molecule has 0 aromatic rings. The molecular weight excluding hydrogens is 488 g/mol. The molecule has 232 valence electrons. The Balaban J connectivity index is 3.25. The highest BCUT2D eigenvalue weighted by atomic mass is 16.6. The Morgan fingerprint density at radius 3 is 0.897 bits per heavy atom. The molecular formula is C34H66O5. The van der Waals surface area contributed by atoms with Crippen molar-refractivity contribution in [1.29, 1.82) is 0 Å². The first kappa shape index (κ1) is 37.9. The van der Waals surface area contributed by atoms with Gasteiger partial charge in [0, 0.05) is 12.8 Å². The predicted molar refractivity (Wildman–Crippen MR) is 164 cm³/mol. The first-order valence-electron chi connectivity index (χ1n) is 17.1. The topological polar surface area (TPSA) is 61.8 Å². The van der Waals surface area contributed by atoms with Crippen molar-refractivity contribution in [3.63, 3.8) is 0 Å². The Morgan fingerprint density at radius 1 is 0.359 bits per heavy atom. The number of rotatable bonds is 32. The largest absolute Gasteiger partial charge is 0.463 e. The van der Waals surface area contributed by atoms with Gasteiger partial charge in [0.25, 0.3) is 0 Å². The fraction of sp³-hybridized carbons (Fsp3) is 0.941. The molecule has 0 heterocycles. The number of carbonyl (C=O) groups excluding carboxylic acids is 2. The van der Waals surface area contributed by atoms with E-state index in [2.05, 4.69) is 13.8 Å². The molecule has 0 fully saturated rings. The van der Waals surface area contributed by atoms with Crippen LogP contribution in [0.1, 0.15) is 181 Å². The zero-order valence-corrected chi connectivity index (χ0v) is 26.3. The minimum Gasteiger partial charge on any atom is -0.463 e. The molecule has 0 aromatic carbocycles. The van der Waals surface area contributed by atoms with Gasteiger partial charge in [0.15, 0.2) is 0 Å². The van der Waals surface area contributed by atoms with Gasteiger partial charge in [0.1, 0.15) is 13.2 Å². The van der Waals surface area contributed by atoms with Crippen LogP contribution in [0.15, 0.2) is 0 Å². The Kier molecular flexibility index (Phi) is 32.2. The van der Waals surface area contributed by atoms with Crippen molar-refractivity contribution < 1.29 is 23.8 Å². The van der Waals surface area contributed by atoms with E-state index in [0.29, 0.717) is 26.1 Å². The normalized spacial score (nSPS) is 11.1. The molecule has 0 spiro atoms. The molecule has 39 heavy (non-hydrogen) atoms. The van der Waals surface area contributed by atoms with Crippen LogP contribution in [-0.4, -0.2) is 38.4 Å². The van der Waals surface area contributed by atoms with Gasteiger partial charge in [-0.25, -0.2) is 0 Å². The maximum atomic E-state index is 11.8. The van der Waals surface area contributed by atoms with Crippen molar-refractivity contribution in [2.45, 2.75) is 181 Å². The van der Waals surface area contributed by atoms with Crippen LogP contribution in [0.5, 0.6) is 0 Å². The van der Waals surface area contributed by atoms with Crippen LogP contribution in [0.2, 0.25) is 0 Å². The van der Waals surface area contributed by atoms with Gasteiger partial charge in [-0.2, -0.15) is 0 Å². The number of hydrogen-bond acceptors (Lipinski definition) is 5. The molecule has 5 heteroatoms. The summed E-state index contributed by atoms with van der Waals surface area (Å²) >= 11 is 0. The summed E-state index contributed by atoms with van der Waals surface area (Å²) in [5, 5.41) is 0. The molecule has 0 saturated heterocycles. The van der Waals surface area contributed by atoms with Crippen molar-refractivity contribution in [2.24, 2.45) is 0 Å². The lowest BCUT2D eigenvalue weighted by atomic mass is 10.0. The van der Waals surface area contributed by atoms with Crippen molar-refractivity contribution in [1.82, 2.24) is 0 Å². The summed E-state index contributed by atoms with van der Waals surface area (Å²) in [5.41, 5.74) is 0. The van der Waals surface area contributed by atoms with Crippen LogP contribution < -0.4 is 0 Å². The third-order valence-electron chi connectivity index (χ3n) is 7.45. The molecule has 0 aliphatic rings. The third kappa shape index (κ3) is 33.0. The van der Waals surface area contributed by atoms with E-state index in [4.69, 9.17) is 14.2 Å². The van der Waals surface area contributed by atoms with E-state index in [0.717, 1.165) is 25.7 Å². The number of ether oxygens (including phenoxy) is 3. The summed E-state index contributed by atoms with van der Waals surface area (Å²) in [4.78, 5) is 23.6. The molecule has 0 rings (SSSR count). The molecule has 0 bridgehead atoms. The van der Waals surface area contributed by atoms with E-state index in [1.807, 2.05) is 0 Å². The smallest absolute Gasteiger partial charge is 0.305 e. The Labute approximate surface area is 242 Å². The van der Waals surface area contributed by atoms with Crippen molar-refractivity contribution in [2.75, 3.05) is 26.4 Å². The molecule has 0 aromatic heterocycles. The molecule has 0 amide bonds. The minimum absolute atomic E-state index is 0.139. The van der Waals surface area contributed by atoms with Crippen LogP contribution in [0.3, 0.4) is 0 Å². The predicted octanol–water partition coefficient (Wildman–Crippen LogP) is 10.3. The minimum atomic E-state index is -0.139. The lowest BCUT2D eigenvalue weighted by Crippen LogP contribution is -2.14. The Bertz CT molecular complexity index is 464.